The fraction of sp³-hybridized carbons (Fsp3) is 0.200. The van der Waals surface area contributed by atoms with Gasteiger partial charge >= 0.3 is 0 Å². The summed E-state index contributed by atoms with van der Waals surface area (Å²) in [7, 11) is -3.92. The number of ether oxygens (including phenoxy) is 1. The van der Waals surface area contributed by atoms with E-state index in [1.165, 1.54) is 12.1 Å². The van der Waals surface area contributed by atoms with Crippen molar-refractivity contribution in [3.05, 3.63) is 58.9 Å². The zero-order valence-electron chi connectivity index (χ0n) is 11.8. The molecule has 0 saturated carbocycles. The summed E-state index contributed by atoms with van der Waals surface area (Å²) >= 11 is 0. The van der Waals surface area contributed by atoms with Crippen molar-refractivity contribution in [2.24, 2.45) is 5.14 Å². The molecule has 0 aromatic heterocycles. The Morgan fingerprint density at radius 2 is 1.71 bits per heavy atom. The Morgan fingerprint density at radius 1 is 1.10 bits per heavy atom. The van der Waals surface area contributed by atoms with Crippen LogP contribution < -0.4 is 9.88 Å². The quantitative estimate of drug-likeness (QED) is 0.944. The monoisotopic (exact) mass is 309 g/mol. The first-order valence-corrected chi connectivity index (χ1v) is 7.82. The van der Waals surface area contributed by atoms with Gasteiger partial charge in [0, 0.05) is 0 Å². The van der Waals surface area contributed by atoms with Crippen molar-refractivity contribution >= 4 is 10.0 Å². The van der Waals surface area contributed by atoms with E-state index in [0.717, 1.165) is 22.8 Å². The summed E-state index contributed by atoms with van der Waals surface area (Å²) in [6, 6.07) is 9.26. The molecule has 0 saturated heterocycles. The van der Waals surface area contributed by atoms with Gasteiger partial charge in [-0.3, -0.25) is 0 Å². The molecule has 4 nitrogen and oxygen atoms in total. The number of primary sulfonamides is 1. The fourth-order valence-electron chi connectivity index (χ4n) is 2.09. The lowest BCUT2D eigenvalue weighted by Gasteiger charge is -2.09. The van der Waals surface area contributed by atoms with E-state index in [-0.39, 0.29) is 17.3 Å². The van der Waals surface area contributed by atoms with Gasteiger partial charge in [-0.1, -0.05) is 29.3 Å². The third-order valence-corrected chi connectivity index (χ3v) is 3.82. The standard InChI is InChI=1S/C15H16FNO3S/c1-10-5-11(2)7-12(6-10)9-20-15-4-3-13(8-14(15)16)21(17,18)19/h3-8H,9H2,1-2H3,(H2,17,18,19). The second-order valence-electron chi connectivity index (χ2n) is 4.92. The van der Waals surface area contributed by atoms with Crippen LogP contribution in [0.4, 0.5) is 4.39 Å². The molecule has 0 fully saturated rings. The smallest absolute Gasteiger partial charge is 0.238 e. The van der Waals surface area contributed by atoms with Crippen LogP contribution in [0, 0.1) is 19.7 Å². The zero-order chi connectivity index (χ0) is 15.6. The van der Waals surface area contributed by atoms with Crippen LogP contribution in [0.25, 0.3) is 0 Å². The molecule has 2 aromatic carbocycles. The van der Waals surface area contributed by atoms with Crippen molar-refractivity contribution in [2.45, 2.75) is 25.3 Å². The summed E-state index contributed by atoms with van der Waals surface area (Å²) in [4.78, 5) is -0.279. The van der Waals surface area contributed by atoms with Crippen LogP contribution >= 0.6 is 0 Å². The van der Waals surface area contributed by atoms with Crippen molar-refractivity contribution in [2.75, 3.05) is 0 Å². The van der Waals surface area contributed by atoms with Gasteiger partial charge in [0.25, 0.3) is 0 Å². The lowest BCUT2D eigenvalue weighted by atomic mass is 10.1. The van der Waals surface area contributed by atoms with Crippen LogP contribution in [0.1, 0.15) is 16.7 Å². The number of benzene rings is 2. The average molecular weight is 309 g/mol. The first-order chi connectivity index (χ1) is 9.75. The summed E-state index contributed by atoms with van der Waals surface area (Å²) in [5.41, 5.74) is 3.11. The molecule has 0 radical (unpaired) electrons. The summed E-state index contributed by atoms with van der Waals surface area (Å²) in [6.45, 7) is 4.14. The first kappa shape index (κ1) is 15.5. The van der Waals surface area contributed by atoms with Crippen LogP contribution in [0.3, 0.4) is 0 Å². The molecule has 0 amide bonds. The van der Waals surface area contributed by atoms with E-state index in [9.17, 15) is 12.8 Å². The maximum atomic E-state index is 13.8. The number of rotatable bonds is 4. The first-order valence-electron chi connectivity index (χ1n) is 6.28. The number of hydrogen-bond acceptors (Lipinski definition) is 3. The Kier molecular flexibility index (Phi) is 4.29. The third-order valence-electron chi connectivity index (χ3n) is 2.91. The van der Waals surface area contributed by atoms with Crippen molar-refractivity contribution in [1.82, 2.24) is 0 Å². The van der Waals surface area contributed by atoms with E-state index in [0.29, 0.717) is 0 Å². The van der Waals surface area contributed by atoms with Crippen molar-refractivity contribution in [3.8, 4) is 5.75 Å². The van der Waals surface area contributed by atoms with E-state index < -0.39 is 15.8 Å². The molecule has 21 heavy (non-hydrogen) atoms. The normalized spacial score (nSPS) is 11.4. The Labute approximate surface area is 123 Å². The molecule has 0 spiro atoms. The maximum Gasteiger partial charge on any atom is 0.238 e. The van der Waals surface area contributed by atoms with E-state index in [2.05, 4.69) is 0 Å². The van der Waals surface area contributed by atoms with Crippen molar-refractivity contribution in [3.63, 3.8) is 0 Å². The van der Waals surface area contributed by atoms with Gasteiger partial charge in [0.2, 0.25) is 10.0 Å². The van der Waals surface area contributed by atoms with Gasteiger partial charge in [-0.25, -0.2) is 17.9 Å². The minimum absolute atomic E-state index is 0.0124. The Morgan fingerprint density at radius 3 is 2.24 bits per heavy atom. The number of hydrogen-bond donors (Lipinski definition) is 1. The number of aryl methyl sites for hydroxylation is 2. The SMILES string of the molecule is Cc1cc(C)cc(COc2ccc(S(N)(=O)=O)cc2F)c1. The molecule has 0 unspecified atom stereocenters. The minimum Gasteiger partial charge on any atom is -0.486 e. The predicted molar refractivity (Wildman–Crippen MR) is 78.0 cm³/mol. The highest BCUT2D eigenvalue weighted by Crippen LogP contribution is 2.22. The molecule has 0 aliphatic carbocycles. The Bertz CT molecular complexity index is 752. The van der Waals surface area contributed by atoms with Crippen LogP contribution in [0.5, 0.6) is 5.75 Å². The lowest BCUT2D eigenvalue weighted by Crippen LogP contribution is -2.12. The van der Waals surface area contributed by atoms with E-state index in [1.807, 2.05) is 32.0 Å². The van der Waals surface area contributed by atoms with Gasteiger partial charge in [0.05, 0.1) is 4.90 Å². The minimum atomic E-state index is -3.92. The molecule has 2 N–H and O–H groups in total. The topological polar surface area (TPSA) is 69.4 Å². The maximum absolute atomic E-state index is 13.8. The summed E-state index contributed by atoms with van der Waals surface area (Å²) in [6.07, 6.45) is 0. The van der Waals surface area contributed by atoms with Gasteiger partial charge in [-0.15, -0.1) is 0 Å². The van der Waals surface area contributed by atoms with E-state index in [1.54, 1.807) is 0 Å². The number of halogens is 1. The molecule has 0 aliphatic heterocycles. The van der Waals surface area contributed by atoms with Crippen LogP contribution in [0.15, 0.2) is 41.3 Å². The third kappa shape index (κ3) is 4.03. The molecular weight excluding hydrogens is 293 g/mol. The van der Waals surface area contributed by atoms with Gasteiger partial charge < -0.3 is 4.74 Å². The van der Waals surface area contributed by atoms with Crippen molar-refractivity contribution < 1.29 is 17.5 Å². The molecule has 0 heterocycles. The largest absolute Gasteiger partial charge is 0.486 e. The number of nitrogens with two attached hydrogens (primary N) is 1. The Balaban J connectivity index is 2.17. The predicted octanol–water partition coefficient (Wildman–Crippen LogP) is 2.67. The highest BCUT2D eigenvalue weighted by Gasteiger charge is 2.12. The molecule has 2 aromatic rings. The molecule has 112 valence electrons. The second kappa shape index (κ2) is 5.83. The summed E-state index contributed by atoms with van der Waals surface area (Å²) in [5.74, 6) is -0.771. The Hall–Kier alpha value is -1.92. The highest BCUT2D eigenvalue weighted by atomic mass is 32.2. The van der Waals surface area contributed by atoms with Crippen LogP contribution in [0.2, 0.25) is 0 Å². The lowest BCUT2D eigenvalue weighted by molar-refractivity contribution is 0.289. The molecule has 0 atom stereocenters. The zero-order valence-corrected chi connectivity index (χ0v) is 12.6. The number of sulfonamides is 1. The van der Waals surface area contributed by atoms with Gasteiger partial charge in [0.1, 0.15) is 6.61 Å². The molecule has 0 aliphatic rings. The molecule has 2 rings (SSSR count). The molecule has 0 bridgehead atoms. The van der Waals surface area contributed by atoms with Crippen LogP contribution in [-0.2, 0) is 16.6 Å². The second-order valence-corrected chi connectivity index (χ2v) is 6.48. The van der Waals surface area contributed by atoms with Gasteiger partial charge in [-0.05, 0) is 37.6 Å². The molecule has 6 heteroatoms. The fourth-order valence-corrected chi connectivity index (χ4v) is 2.61. The molecular formula is C15H16FNO3S. The van der Waals surface area contributed by atoms with Gasteiger partial charge in [0.15, 0.2) is 11.6 Å². The van der Waals surface area contributed by atoms with E-state index in [4.69, 9.17) is 9.88 Å². The van der Waals surface area contributed by atoms with Gasteiger partial charge in [-0.2, -0.15) is 0 Å². The highest BCUT2D eigenvalue weighted by molar-refractivity contribution is 7.89. The summed E-state index contributed by atoms with van der Waals surface area (Å²) < 4.78 is 41.4. The summed E-state index contributed by atoms with van der Waals surface area (Å²) in [5, 5.41) is 4.94. The van der Waals surface area contributed by atoms with E-state index >= 15 is 0 Å². The average Bonchev–Trinajstić information content (AvgIpc) is 2.35. The van der Waals surface area contributed by atoms with Crippen molar-refractivity contribution in [1.29, 1.82) is 0 Å². The van der Waals surface area contributed by atoms with Crippen LogP contribution in [-0.4, -0.2) is 8.42 Å².